The van der Waals surface area contributed by atoms with Gasteiger partial charge in [-0.1, -0.05) is 6.92 Å². The van der Waals surface area contributed by atoms with Crippen molar-refractivity contribution in [2.45, 2.75) is 26.7 Å². The highest BCUT2D eigenvalue weighted by molar-refractivity contribution is 5.53. The normalized spacial score (nSPS) is 16.4. The Bertz CT molecular complexity index is 371. The van der Waals surface area contributed by atoms with E-state index in [1.54, 1.807) is 0 Å². The van der Waals surface area contributed by atoms with Gasteiger partial charge in [0, 0.05) is 25.3 Å². The van der Waals surface area contributed by atoms with Crippen LogP contribution in [0, 0.1) is 6.92 Å². The number of anilines is 1. The standard InChI is InChI=1S/C15H24N2O/c1-3-11-18-15-6-5-14(12-13(15)2)17-9-4-7-16-8-10-17/h5-6,12,16H,3-4,7-11H2,1-2H3. The van der Waals surface area contributed by atoms with Crippen LogP contribution in [0.2, 0.25) is 0 Å². The van der Waals surface area contributed by atoms with Crippen LogP contribution < -0.4 is 15.0 Å². The number of rotatable bonds is 4. The zero-order valence-corrected chi connectivity index (χ0v) is 11.5. The Balaban J connectivity index is 2.06. The van der Waals surface area contributed by atoms with Gasteiger partial charge in [-0.25, -0.2) is 0 Å². The highest BCUT2D eigenvalue weighted by Crippen LogP contribution is 2.25. The lowest BCUT2D eigenvalue weighted by Gasteiger charge is -2.23. The number of nitrogens with one attached hydrogen (secondary N) is 1. The molecule has 18 heavy (non-hydrogen) atoms. The molecule has 0 atom stereocenters. The second kappa shape index (κ2) is 6.64. The molecule has 0 radical (unpaired) electrons. The molecular formula is C15H24N2O. The van der Waals surface area contributed by atoms with E-state index in [1.165, 1.54) is 17.7 Å². The molecule has 0 aromatic heterocycles. The maximum absolute atomic E-state index is 5.72. The van der Waals surface area contributed by atoms with Gasteiger partial charge < -0.3 is 15.0 Å². The molecule has 0 aliphatic carbocycles. The Morgan fingerprint density at radius 1 is 1.28 bits per heavy atom. The Kier molecular flexibility index (Phi) is 4.88. The van der Waals surface area contributed by atoms with Gasteiger partial charge in [0.2, 0.25) is 0 Å². The van der Waals surface area contributed by atoms with Crippen LogP contribution in [0.5, 0.6) is 5.75 Å². The summed E-state index contributed by atoms with van der Waals surface area (Å²) < 4.78 is 5.72. The predicted molar refractivity (Wildman–Crippen MR) is 76.7 cm³/mol. The van der Waals surface area contributed by atoms with Crippen molar-refractivity contribution in [3.8, 4) is 5.75 Å². The van der Waals surface area contributed by atoms with Crippen LogP contribution in [0.3, 0.4) is 0 Å². The fraction of sp³-hybridized carbons (Fsp3) is 0.600. The summed E-state index contributed by atoms with van der Waals surface area (Å²) in [4.78, 5) is 2.45. The first-order valence-electron chi connectivity index (χ1n) is 7.00. The second-order valence-electron chi connectivity index (χ2n) is 4.89. The first-order valence-corrected chi connectivity index (χ1v) is 7.00. The van der Waals surface area contributed by atoms with Crippen molar-refractivity contribution in [1.29, 1.82) is 0 Å². The fourth-order valence-electron chi connectivity index (χ4n) is 2.31. The summed E-state index contributed by atoms with van der Waals surface area (Å²) in [7, 11) is 0. The average molecular weight is 248 g/mol. The van der Waals surface area contributed by atoms with Gasteiger partial charge in [-0.2, -0.15) is 0 Å². The lowest BCUT2D eigenvalue weighted by molar-refractivity contribution is 0.315. The molecule has 2 rings (SSSR count). The van der Waals surface area contributed by atoms with Crippen LogP contribution in [0.25, 0.3) is 0 Å². The fourth-order valence-corrected chi connectivity index (χ4v) is 2.31. The summed E-state index contributed by atoms with van der Waals surface area (Å²) in [6, 6.07) is 6.54. The molecule has 3 nitrogen and oxygen atoms in total. The maximum atomic E-state index is 5.72. The monoisotopic (exact) mass is 248 g/mol. The van der Waals surface area contributed by atoms with E-state index >= 15 is 0 Å². The summed E-state index contributed by atoms with van der Waals surface area (Å²) in [6.45, 7) is 9.50. The maximum Gasteiger partial charge on any atom is 0.122 e. The predicted octanol–water partition coefficient (Wildman–Crippen LogP) is 2.58. The van der Waals surface area contributed by atoms with E-state index in [2.05, 4.69) is 42.3 Å². The van der Waals surface area contributed by atoms with E-state index in [0.29, 0.717) is 0 Å². The Morgan fingerprint density at radius 3 is 2.94 bits per heavy atom. The highest BCUT2D eigenvalue weighted by Gasteiger charge is 2.10. The lowest BCUT2D eigenvalue weighted by Crippen LogP contribution is -2.27. The first kappa shape index (κ1) is 13.2. The van der Waals surface area contributed by atoms with Gasteiger partial charge in [-0.05, 0) is 50.1 Å². The molecule has 0 unspecified atom stereocenters. The Morgan fingerprint density at radius 2 is 2.17 bits per heavy atom. The molecule has 1 heterocycles. The van der Waals surface area contributed by atoms with Crippen molar-refractivity contribution in [2.75, 3.05) is 37.7 Å². The van der Waals surface area contributed by atoms with Crippen molar-refractivity contribution in [2.24, 2.45) is 0 Å². The van der Waals surface area contributed by atoms with Crippen LogP contribution in [0.4, 0.5) is 5.69 Å². The van der Waals surface area contributed by atoms with Gasteiger partial charge in [0.05, 0.1) is 6.61 Å². The van der Waals surface area contributed by atoms with E-state index in [1.807, 2.05) is 0 Å². The minimum atomic E-state index is 0.799. The first-order chi connectivity index (χ1) is 8.81. The number of nitrogens with zero attached hydrogens (tertiary/aromatic N) is 1. The quantitative estimate of drug-likeness (QED) is 0.886. The Labute approximate surface area is 110 Å². The smallest absolute Gasteiger partial charge is 0.122 e. The van der Waals surface area contributed by atoms with Crippen molar-refractivity contribution in [3.05, 3.63) is 23.8 Å². The van der Waals surface area contributed by atoms with Gasteiger partial charge in [-0.15, -0.1) is 0 Å². The van der Waals surface area contributed by atoms with Crippen LogP contribution >= 0.6 is 0 Å². The van der Waals surface area contributed by atoms with Crippen LogP contribution in [0.15, 0.2) is 18.2 Å². The molecule has 1 aliphatic rings. The van der Waals surface area contributed by atoms with Crippen molar-refractivity contribution >= 4 is 5.69 Å². The minimum absolute atomic E-state index is 0.799. The topological polar surface area (TPSA) is 24.5 Å². The summed E-state index contributed by atoms with van der Waals surface area (Å²) in [5.74, 6) is 1.02. The van der Waals surface area contributed by atoms with Crippen LogP contribution in [-0.2, 0) is 0 Å². The van der Waals surface area contributed by atoms with Gasteiger partial charge in [-0.3, -0.25) is 0 Å². The Hall–Kier alpha value is -1.22. The summed E-state index contributed by atoms with van der Waals surface area (Å²) >= 11 is 0. The van der Waals surface area contributed by atoms with E-state index < -0.39 is 0 Å². The molecular weight excluding hydrogens is 224 g/mol. The van der Waals surface area contributed by atoms with E-state index in [-0.39, 0.29) is 0 Å². The number of benzene rings is 1. The molecule has 100 valence electrons. The van der Waals surface area contributed by atoms with Gasteiger partial charge in [0.25, 0.3) is 0 Å². The minimum Gasteiger partial charge on any atom is -0.493 e. The average Bonchev–Trinajstić information content (AvgIpc) is 2.66. The van der Waals surface area contributed by atoms with Crippen molar-refractivity contribution in [3.63, 3.8) is 0 Å². The zero-order valence-electron chi connectivity index (χ0n) is 11.5. The third-order valence-electron chi connectivity index (χ3n) is 3.33. The molecule has 0 amide bonds. The van der Waals surface area contributed by atoms with Crippen LogP contribution in [0.1, 0.15) is 25.3 Å². The SMILES string of the molecule is CCCOc1ccc(N2CCCNCC2)cc1C. The molecule has 0 saturated carbocycles. The second-order valence-corrected chi connectivity index (χ2v) is 4.89. The van der Waals surface area contributed by atoms with Gasteiger partial charge in [0.1, 0.15) is 5.75 Å². The molecule has 1 N–H and O–H groups in total. The molecule has 1 aromatic carbocycles. The number of aryl methyl sites for hydroxylation is 1. The molecule has 1 saturated heterocycles. The highest BCUT2D eigenvalue weighted by atomic mass is 16.5. The largest absolute Gasteiger partial charge is 0.493 e. The third kappa shape index (κ3) is 3.39. The van der Waals surface area contributed by atoms with Crippen molar-refractivity contribution < 1.29 is 4.74 Å². The molecule has 1 aromatic rings. The molecule has 1 fully saturated rings. The number of ether oxygens (including phenoxy) is 1. The lowest BCUT2D eigenvalue weighted by atomic mass is 10.2. The summed E-state index contributed by atoms with van der Waals surface area (Å²) in [5, 5.41) is 3.43. The van der Waals surface area contributed by atoms with E-state index in [9.17, 15) is 0 Å². The summed E-state index contributed by atoms with van der Waals surface area (Å²) in [5.41, 5.74) is 2.55. The van der Waals surface area contributed by atoms with E-state index in [4.69, 9.17) is 4.74 Å². The van der Waals surface area contributed by atoms with Crippen LogP contribution in [-0.4, -0.2) is 32.8 Å². The molecule has 0 bridgehead atoms. The number of hydrogen-bond donors (Lipinski definition) is 1. The number of hydrogen-bond acceptors (Lipinski definition) is 3. The zero-order chi connectivity index (χ0) is 12.8. The van der Waals surface area contributed by atoms with Gasteiger partial charge >= 0.3 is 0 Å². The van der Waals surface area contributed by atoms with Crippen molar-refractivity contribution in [1.82, 2.24) is 5.32 Å². The van der Waals surface area contributed by atoms with E-state index in [0.717, 1.165) is 45.0 Å². The molecule has 1 aliphatic heterocycles. The molecule has 0 spiro atoms. The molecule has 3 heteroatoms. The summed E-state index contributed by atoms with van der Waals surface area (Å²) in [6.07, 6.45) is 2.27. The third-order valence-corrected chi connectivity index (χ3v) is 3.33. The van der Waals surface area contributed by atoms with Gasteiger partial charge in [0.15, 0.2) is 0 Å².